The van der Waals surface area contributed by atoms with Crippen molar-refractivity contribution in [3.8, 4) is 0 Å². The van der Waals surface area contributed by atoms with E-state index in [4.69, 9.17) is 0 Å². The predicted octanol–water partition coefficient (Wildman–Crippen LogP) is 1.64. The van der Waals surface area contributed by atoms with Crippen molar-refractivity contribution in [2.45, 2.75) is 13.0 Å². The highest BCUT2D eigenvalue weighted by Gasteiger charge is 2.36. The molecule has 30 heavy (non-hydrogen) atoms. The van der Waals surface area contributed by atoms with Gasteiger partial charge in [-0.05, 0) is 36.9 Å². The molecule has 8 heteroatoms. The van der Waals surface area contributed by atoms with Gasteiger partial charge in [0.25, 0.3) is 0 Å². The quantitative estimate of drug-likeness (QED) is 0.810. The van der Waals surface area contributed by atoms with Crippen LogP contribution in [0, 0.1) is 11.7 Å². The van der Waals surface area contributed by atoms with E-state index in [0.29, 0.717) is 6.54 Å². The van der Waals surface area contributed by atoms with Gasteiger partial charge in [-0.3, -0.25) is 9.59 Å². The summed E-state index contributed by atoms with van der Waals surface area (Å²) >= 11 is 0. The number of pyridine rings is 1. The van der Waals surface area contributed by atoms with Crippen LogP contribution in [0.1, 0.15) is 12.0 Å². The molecule has 2 aliphatic heterocycles. The lowest BCUT2D eigenvalue weighted by Crippen LogP contribution is -2.44. The molecule has 1 aromatic carbocycles. The van der Waals surface area contributed by atoms with Crippen LogP contribution in [0.2, 0.25) is 0 Å². The average Bonchev–Trinajstić information content (AvgIpc) is 3.14. The molecule has 158 valence electrons. The molecule has 1 aromatic heterocycles. The molecular weight excluding hydrogens is 385 g/mol. The second-order valence-corrected chi connectivity index (χ2v) is 7.89. The number of carbonyl (C=O) groups excluding carboxylic acids is 2. The fourth-order valence-corrected chi connectivity index (χ4v) is 3.90. The monoisotopic (exact) mass is 411 g/mol. The smallest absolute Gasteiger partial charge is 0.227 e. The van der Waals surface area contributed by atoms with E-state index in [9.17, 15) is 14.0 Å². The fraction of sp³-hybridized carbons (Fsp3) is 0.409. The molecule has 7 nitrogen and oxygen atoms in total. The van der Waals surface area contributed by atoms with Gasteiger partial charge in [-0.15, -0.1) is 0 Å². The summed E-state index contributed by atoms with van der Waals surface area (Å²) in [6.07, 6.45) is 1.84. The van der Waals surface area contributed by atoms with Crippen LogP contribution < -0.4 is 15.1 Å². The number of likely N-dealkylation sites (N-methyl/N-ethyl adjacent to an activating group) is 1. The fourth-order valence-electron chi connectivity index (χ4n) is 3.90. The molecule has 0 bridgehead atoms. The maximum absolute atomic E-state index is 14.0. The molecule has 2 aromatic rings. The van der Waals surface area contributed by atoms with Gasteiger partial charge in [0, 0.05) is 51.9 Å². The second-order valence-electron chi connectivity index (χ2n) is 7.89. The largest absolute Gasteiger partial charge is 0.354 e. The lowest BCUT2D eigenvalue weighted by Gasteiger charge is -2.33. The van der Waals surface area contributed by atoms with Crippen molar-refractivity contribution in [1.82, 2.24) is 15.2 Å². The molecule has 2 fully saturated rings. The minimum atomic E-state index is -0.490. The van der Waals surface area contributed by atoms with Crippen molar-refractivity contribution >= 4 is 23.3 Å². The summed E-state index contributed by atoms with van der Waals surface area (Å²) < 4.78 is 14.0. The maximum Gasteiger partial charge on any atom is 0.227 e. The van der Waals surface area contributed by atoms with Gasteiger partial charge < -0.3 is 20.0 Å². The van der Waals surface area contributed by atoms with Gasteiger partial charge in [0.05, 0.1) is 11.6 Å². The first-order valence-electron chi connectivity index (χ1n) is 10.2. The van der Waals surface area contributed by atoms with E-state index in [0.717, 1.165) is 37.6 Å². The molecule has 0 saturated carbocycles. The normalized spacial score (nSPS) is 19.9. The van der Waals surface area contributed by atoms with Crippen LogP contribution in [0.15, 0.2) is 42.6 Å². The summed E-state index contributed by atoms with van der Waals surface area (Å²) in [6, 6.07) is 10.0. The Morgan fingerprint density at radius 1 is 1.20 bits per heavy atom. The van der Waals surface area contributed by atoms with Gasteiger partial charge in [0.15, 0.2) is 0 Å². The third kappa shape index (κ3) is 4.43. The number of carbonyl (C=O) groups is 2. The Bertz CT molecular complexity index is 929. The molecular formula is C22H26FN5O2. The minimum Gasteiger partial charge on any atom is -0.354 e. The Balaban J connectivity index is 1.34. The molecule has 1 atom stereocenters. The number of benzene rings is 1. The van der Waals surface area contributed by atoms with Crippen molar-refractivity contribution in [1.29, 1.82) is 0 Å². The van der Waals surface area contributed by atoms with E-state index in [1.165, 1.54) is 11.0 Å². The standard InChI is InChI=1S/C22H26FN5O2/c1-26-8-10-27(11-9-26)20-12-16(6-7-24-20)14-25-22(30)17-13-21(29)28(15-17)19-5-3-2-4-18(19)23/h2-7,12,17H,8-11,13-15H2,1H3,(H,25,30). The molecule has 2 saturated heterocycles. The molecule has 2 amide bonds. The van der Waals surface area contributed by atoms with Crippen LogP contribution in [0.4, 0.5) is 15.9 Å². The Labute approximate surface area is 175 Å². The summed E-state index contributed by atoms with van der Waals surface area (Å²) in [5, 5.41) is 2.92. The first-order valence-corrected chi connectivity index (χ1v) is 10.2. The van der Waals surface area contributed by atoms with Gasteiger partial charge >= 0.3 is 0 Å². The van der Waals surface area contributed by atoms with Crippen molar-refractivity contribution in [3.63, 3.8) is 0 Å². The van der Waals surface area contributed by atoms with Crippen molar-refractivity contribution < 1.29 is 14.0 Å². The number of para-hydroxylation sites is 1. The summed E-state index contributed by atoms with van der Waals surface area (Å²) in [6.45, 7) is 4.40. The highest BCUT2D eigenvalue weighted by molar-refractivity contribution is 6.00. The van der Waals surface area contributed by atoms with E-state index in [-0.39, 0.29) is 30.5 Å². The lowest BCUT2D eigenvalue weighted by molar-refractivity contribution is -0.126. The molecule has 0 aliphatic carbocycles. The maximum atomic E-state index is 14.0. The number of halogens is 1. The van der Waals surface area contributed by atoms with Gasteiger partial charge in [0.2, 0.25) is 11.8 Å². The number of piperazine rings is 1. The number of nitrogens with one attached hydrogen (secondary N) is 1. The van der Waals surface area contributed by atoms with Crippen LogP contribution in [0.25, 0.3) is 0 Å². The molecule has 0 radical (unpaired) electrons. The average molecular weight is 411 g/mol. The number of anilines is 2. The van der Waals surface area contributed by atoms with E-state index in [1.54, 1.807) is 24.4 Å². The summed E-state index contributed by atoms with van der Waals surface area (Å²) in [4.78, 5) is 35.3. The van der Waals surface area contributed by atoms with Crippen molar-refractivity contribution in [2.75, 3.05) is 49.6 Å². The minimum absolute atomic E-state index is 0.0864. The highest BCUT2D eigenvalue weighted by Crippen LogP contribution is 2.27. The molecule has 1 N–H and O–H groups in total. The van der Waals surface area contributed by atoms with Gasteiger partial charge in [-0.1, -0.05) is 12.1 Å². The highest BCUT2D eigenvalue weighted by atomic mass is 19.1. The lowest BCUT2D eigenvalue weighted by atomic mass is 10.1. The number of nitrogens with zero attached hydrogens (tertiary/aromatic N) is 4. The zero-order valence-electron chi connectivity index (χ0n) is 17.1. The number of amides is 2. The van der Waals surface area contributed by atoms with E-state index < -0.39 is 11.7 Å². The number of rotatable bonds is 5. The van der Waals surface area contributed by atoms with Gasteiger partial charge in [-0.25, -0.2) is 9.37 Å². The molecule has 3 heterocycles. The van der Waals surface area contributed by atoms with Crippen molar-refractivity contribution in [3.05, 3.63) is 54.0 Å². The number of hydrogen-bond acceptors (Lipinski definition) is 5. The summed E-state index contributed by atoms with van der Waals surface area (Å²) in [5.41, 5.74) is 1.19. The Morgan fingerprint density at radius 2 is 1.97 bits per heavy atom. The van der Waals surface area contributed by atoms with Gasteiger partial charge in [-0.2, -0.15) is 0 Å². The third-order valence-electron chi connectivity index (χ3n) is 5.74. The van der Waals surface area contributed by atoms with Crippen LogP contribution >= 0.6 is 0 Å². The predicted molar refractivity (Wildman–Crippen MR) is 113 cm³/mol. The molecule has 0 spiro atoms. The first-order chi connectivity index (χ1) is 14.5. The van der Waals surface area contributed by atoms with Crippen LogP contribution in [-0.2, 0) is 16.1 Å². The second kappa shape index (κ2) is 8.79. The van der Waals surface area contributed by atoms with Crippen molar-refractivity contribution in [2.24, 2.45) is 5.92 Å². The number of hydrogen-bond donors (Lipinski definition) is 1. The van der Waals surface area contributed by atoms with E-state index in [2.05, 4.69) is 27.1 Å². The summed E-state index contributed by atoms with van der Waals surface area (Å²) in [7, 11) is 2.11. The molecule has 4 rings (SSSR count). The van der Waals surface area contributed by atoms with E-state index >= 15 is 0 Å². The Hall–Kier alpha value is -3.00. The number of aromatic nitrogens is 1. The Morgan fingerprint density at radius 3 is 2.73 bits per heavy atom. The van der Waals surface area contributed by atoms with Gasteiger partial charge in [0.1, 0.15) is 11.6 Å². The van der Waals surface area contributed by atoms with E-state index in [1.807, 2.05) is 12.1 Å². The third-order valence-corrected chi connectivity index (χ3v) is 5.74. The SMILES string of the molecule is CN1CCN(c2cc(CNC(=O)C3CC(=O)N(c4ccccc4F)C3)ccn2)CC1. The zero-order valence-corrected chi connectivity index (χ0v) is 17.1. The molecule has 1 unspecified atom stereocenters. The summed E-state index contributed by atoms with van der Waals surface area (Å²) in [5.74, 6) is -0.463. The zero-order chi connectivity index (χ0) is 21.1. The van der Waals surface area contributed by atoms with Crippen LogP contribution in [0.5, 0.6) is 0 Å². The first kappa shape index (κ1) is 20.3. The molecule has 2 aliphatic rings. The van der Waals surface area contributed by atoms with Crippen LogP contribution in [0.3, 0.4) is 0 Å². The Kier molecular flexibility index (Phi) is 5.94. The topological polar surface area (TPSA) is 68.8 Å². The van der Waals surface area contributed by atoms with Crippen LogP contribution in [-0.4, -0.2) is 61.5 Å².